The summed E-state index contributed by atoms with van der Waals surface area (Å²) in [6, 6.07) is 31.4. The third kappa shape index (κ3) is 3.66. The molecule has 0 aliphatic heterocycles. The van der Waals surface area contributed by atoms with Crippen molar-refractivity contribution >= 4 is 22.1 Å². The fourth-order valence-corrected chi connectivity index (χ4v) is 5.17. The number of aromatic nitrogens is 8. The molecular formula is C30H24N8. The highest BCUT2D eigenvalue weighted by atomic mass is 15.5. The minimum atomic E-state index is 0.654. The maximum absolute atomic E-state index is 4.89. The zero-order chi connectivity index (χ0) is 25.6. The lowest BCUT2D eigenvalue weighted by atomic mass is 9.98. The van der Waals surface area contributed by atoms with Gasteiger partial charge in [0.2, 0.25) is 0 Å². The molecule has 0 aliphatic rings. The minimum Gasteiger partial charge on any atom is -0.327 e. The van der Waals surface area contributed by atoms with E-state index in [0.29, 0.717) is 5.82 Å². The van der Waals surface area contributed by atoms with E-state index < -0.39 is 0 Å². The van der Waals surface area contributed by atoms with Crippen LogP contribution in [0.5, 0.6) is 0 Å². The Morgan fingerprint density at radius 3 is 2.26 bits per heavy atom. The van der Waals surface area contributed by atoms with Crippen LogP contribution in [0.4, 0.5) is 0 Å². The molecule has 0 atom stereocenters. The zero-order valence-corrected chi connectivity index (χ0v) is 21.0. The number of rotatable bonds is 5. The van der Waals surface area contributed by atoms with E-state index in [1.165, 1.54) is 5.56 Å². The number of imidazole rings is 2. The Labute approximate surface area is 218 Å². The second-order valence-electron chi connectivity index (χ2n) is 9.42. The lowest BCUT2D eigenvalue weighted by molar-refractivity contribution is 0.786. The highest BCUT2D eigenvalue weighted by Gasteiger charge is 2.14. The van der Waals surface area contributed by atoms with Crippen LogP contribution in [0.3, 0.4) is 0 Å². The van der Waals surface area contributed by atoms with Crippen molar-refractivity contribution in [1.82, 2.24) is 39.7 Å². The quantitative estimate of drug-likeness (QED) is 0.326. The van der Waals surface area contributed by atoms with E-state index in [0.717, 1.165) is 62.5 Å². The van der Waals surface area contributed by atoms with Gasteiger partial charge in [0.1, 0.15) is 11.6 Å². The lowest BCUT2D eigenvalue weighted by Crippen LogP contribution is -2.02. The average Bonchev–Trinajstić information content (AvgIpc) is 3.68. The molecule has 7 rings (SSSR count). The molecule has 0 amide bonds. The Bertz CT molecular complexity index is 1910. The molecular weight excluding hydrogens is 472 g/mol. The van der Waals surface area contributed by atoms with Crippen molar-refractivity contribution in [2.45, 2.75) is 13.5 Å². The molecule has 3 aromatic heterocycles. The summed E-state index contributed by atoms with van der Waals surface area (Å²) >= 11 is 0. The summed E-state index contributed by atoms with van der Waals surface area (Å²) in [5.41, 5.74) is 9.62. The number of tetrazole rings is 1. The second-order valence-corrected chi connectivity index (χ2v) is 9.42. The first-order valence-corrected chi connectivity index (χ1v) is 12.5. The Balaban J connectivity index is 1.23. The summed E-state index contributed by atoms with van der Waals surface area (Å²) in [7, 11) is 2.07. The third-order valence-electron chi connectivity index (χ3n) is 7.12. The van der Waals surface area contributed by atoms with Crippen molar-refractivity contribution in [3.8, 4) is 33.9 Å². The van der Waals surface area contributed by atoms with Crippen LogP contribution in [-0.4, -0.2) is 39.7 Å². The van der Waals surface area contributed by atoms with E-state index in [1.54, 1.807) is 0 Å². The highest BCUT2D eigenvalue weighted by molar-refractivity contribution is 5.85. The SMILES string of the molecule is Cc1nc2ccc(-c3nc4ccccc4n3C)cc2n1Cc1ccc(-c2ccccc2-c2nnn[nH]2)cc1. The minimum absolute atomic E-state index is 0.654. The number of hydrogen-bond acceptors (Lipinski definition) is 5. The molecule has 0 aliphatic carbocycles. The number of para-hydroxylation sites is 2. The summed E-state index contributed by atoms with van der Waals surface area (Å²) in [5.74, 6) is 2.58. The number of benzene rings is 4. The van der Waals surface area contributed by atoms with Crippen LogP contribution in [0.25, 0.3) is 56.0 Å². The summed E-state index contributed by atoms with van der Waals surface area (Å²) in [4.78, 5) is 9.72. The standard InChI is InChI=1S/C30H24N8/c1-19-31-26-16-15-22(30-32-25-9-5-6-10-27(25)37(30)2)17-28(26)38(19)18-20-11-13-21(14-12-20)23-7-3-4-8-24(23)29-33-35-36-34-29/h3-17H,18H2,1-2H3,(H,33,34,35,36). The molecule has 1 N–H and O–H groups in total. The summed E-state index contributed by atoms with van der Waals surface area (Å²) in [6.45, 7) is 2.78. The van der Waals surface area contributed by atoms with E-state index in [9.17, 15) is 0 Å². The molecule has 0 saturated heterocycles. The summed E-state index contributed by atoms with van der Waals surface area (Å²) in [5, 5.41) is 14.4. The predicted octanol–water partition coefficient (Wildman–Crippen LogP) is 5.79. The molecule has 0 radical (unpaired) electrons. The van der Waals surface area contributed by atoms with Crippen LogP contribution in [0.15, 0.2) is 91.0 Å². The van der Waals surface area contributed by atoms with Gasteiger partial charge < -0.3 is 9.13 Å². The first kappa shape index (κ1) is 22.1. The molecule has 8 nitrogen and oxygen atoms in total. The monoisotopic (exact) mass is 496 g/mol. The Morgan fingerprint density at radius 1 is 0.737 bits per heavy atom. The fourth-order valence-electron chi connectivity index (χ4n) is 5.17. The van der Waals surface area contributed by atoms with Crippen LogP contribution in [0, 0.1) is 6.92 Å². The van der Waals surface area contributed by atoms with E-state index >= 15 is 0 Å². The normalized spacial score (nSPS) is 11.5. The van der Waals surface area contributed by atoms with Crippen molar-refractivity contribution < 1.29 is 0 Å². The fraction of sp³-hybridized carbons (Fsp3) is 0.100. The maximum Gasteiger partial charge on any atom is 0.180 e. The third-order valence-corrected chi connectivity index (χ3v) is 7.12. The Hall–Kier alpha value is -5.11. The number of nitrogens with zero attached hydrogens (tertiary/aromatic N) is 7. The van der Waals surface area contributed by atoms with Gasteiger partial charge in [-0.05, 0) is 64.4 Å². The van der Waals surface area contributed by atoms with Gasteiger partial charge in [0.05, 0.1) is 22.1 Å². The van der Waals surface area contributed by atoms with Crippen LogP contribution in [-0.2, 0) is 13.6 Å². The van der Waals surface area contributed by atoms with E-state index in [-0.39, 0.29) is 0 Å². The van der Waals surface area contributed by atoms with Gasteiger partial charge in [-0.25, -0.2) is 15.1 Å². The number of nitrogens with one attached hydrogen (secondary N) is 1. The van der Waals surface area contributed by atoms with E-state index in [4.69, 9.17) is 9.97 Å². The van der Waals surface area contributed by atoms with Crippen LogP contribution >= 0.6 is 0 Å². The number of hydrogen-bond donors (Lipinski definition) is 1. The van der Waals surface area contributed by atoms with Gasteiger partial charge in [-0.15, -0.1) is 5.10 Å². The van der Waals surface area contributed by atoms with Crippen LogP contribution in [0.2, 0.25) is 0 Å². The molecule has 184 valence electrons. The molecule has 38 heavy (non-hydrogen) atoms. The molecule has 7 aromatic rings. The first-order chi connectivity index (χ1) is 18.7. The first-order valence-electron chi connectivity index (χ1n) is 12.5. The van der Waals surface area contributed by atoms with Crippen molar-refractivity contribution in [3.63, 3.8) is 0 Å². The van der Waals surface area contributed by atoms with Gasteiger partial charge in [-0.2, -0.15) is 0 Å². The Morgan fingerprint density at radius 2 is 1.47 bits per heavy atom. The van der Waals surface area contributed by atoms with Crippen molar-refractivity contribution in [1.29, 1.82) is 0 Å². The van der Waals surface area contributed by atoms with E-state index in [2.05, 4.69) is 104 Å². The Kier molecular flexibility index (Phi) is 5.11. The summed E-state index contributed by atoms with van der Waals surface area (Å²) < 4.78 is 4.42. The number of aromatic amines is 1. The molecule has 4 aromatic carbocycles. The number of aryl methyl sites for hydroxylation is 2. The van der Waals surface area contributed by atoms with Crippen LogP contribution < -0.4 is 0 Å². The maximum atomic E-state index is 4.89. The van der Waals surface area contributed by atoms with E-state index in [1.807, 2.05) is 30.3 Å². The molecule has 0 bridgehead atoms. The average molecular weight is 497 g/mol. The van der Waals surface area contributed by atoms with Gasteiger partial charge in [-0.1, -0.05) is 60.7 Å². The van der Waals surface area contributed by atoms with Gasteiger partial charge in [0.15, 0.2) is 5.82 Å². The number of H-pyrrole nitrogens is 1. The van der Waals surface area contributed by atoms with Crippen molar-refractivity contribution in [2.75, 3.05) is 0 Å². The van der Waals surface area contributed by atoms with Crippen LogP contribution in [0.1, 0.15) is 11.4 Å². The van der Waals surface area contributed by atoms with Crippen molar-refractivity contribution in [3.05, 3.63) is 102 Å². The van der Waals surface area contributed by atoms with Gasteiger partial charge in [-0.3, -0.25) is 0 Å². The van der Waals surface area contributed by atoms with Gasteiger partial charge in [0.25, 0.3) is 0 Å². The molecule has 8 heteroatoms. The molecule has 0 fully saturated rings. The number of fused-ring (bicyclic) bond motifs is 2. The van der Waals surface area contributed by atoms with Crippen molar-refractivity contribution in [2.24, 2.45) is 7.05 Å². The predicted molar refractivity (Wildman–Crippen MR) is 148 cm³/mol. The van der Waals surface area contributed by atoms with Gasteiger partial charge in [0, 0.05) is 24.7 Å². The smallest absolute Gasteiger partial charge is 0.180 e. The molecule has 3 heterocycles. The zero-order valence-electron chi connectivity index (χ0n) is 21.0. The summed E-state index contributed by atoms with van der Waals surface area (Å²) in [6.07, 6.45) is 0. The highest BCUT2D eigenvalue weighted by Crippen LogP contribution is 2.31. The largest absolute Gasteiger partial charge is 0.327 e. The molecule has 0 spiro atoms. The molecule has 0 saturated carbocycles. The molecule has 0 unspecified atom stereocenters. The second kappa shape index (κ2) is 8.77. The topological polar surface area (TPSA) is 90.1 Å². The lowest BCUT2D eigenvalue weighted by Gasteiger charge is -2.11. The van der Waals surface area contributed by atoms with Gasteiger partial charge >= 0.3 is 0 Å².